The molecule has 1 amide bonds. The fourth-order valence-corrected chi connectivity index (χ4v) is 2.17. The highest BCUT2D eigenvalue weighted by Gasteiger charge is 2.21. The van der Waals surface area contributed by atoms with Gasteiger partial charge >= 0.3 is 11.8 Å². The minimum Gasteiger partial charge on any atom is -0.465 e. The molecule has 1 aromatic rings. The average Bonchev–Trinajstić information content (AvgIpc) is 2.41. The maximum absolute atomic E-state index is 13.2. The fourth-order valence-electron chi connectivity index (χ4n) is 2.17. The van der Waals surface area contributed by atoms with E-state index >= 15 is 0 Å². The molecule has 1 aromatic carbocycles. The molecule has 0 aliphatic carbocycles. The van der Waals surface area contributed by atoms with Gasteiger partial charge in [0.1, 0.15) is 0 Å². The Labute approximate surface area is 114 Å². The lowest BCUT2D eigenvalue weighted by Crippen LogP contribution is -2.32. The third-order valence-electron chi connectivity index (χ3n) is 3.14. The molecule has 7 heteroatoms. The lowest BCUT2D eigenvalue weighted by molar-refractivity contribution is -0.387. The van der Waals surface area contributed by atoms with Crippen LogP contribution in [-0.4, -0.2) is 27.6 Å². The summed E-state index contributed by atoms with van der Waals surface area (Å²) in [6.45, 7) is 0.407. The molecule has 0 saturated carbocycles. The normalized spacial score (nSPS) is 17.2. The minimum atomic E-state index is -1.05. The lowest BCUT2D eigenvalue weighted by atomic mass is 10.0. The third kappa shape index (κ3) is 2.93. The van der Waals surface area contributed by atoms with E-state index in [1.54, 1.807) is 6.08 Å². The first-order valence-electron chi connectivity index (χ1n) is 6.14. The molecular formula is C13H13FN2O4. The van der Waals surface area contributed by atoms with E-state index in [2.05, 4.69) is 0 Å². The number of carboxylic acid groups (broad SMARTS) is 1. The summed E-state index contributed by atoms with van der Waals surface area (Å²) in [4.78, 5) is 22.2. The van der Waals surface area contributed by atoms with E-state index in [0.29, 0.717) is 24.2 Å². The number of benzene rings is 1. The Balaban J connectivity index is 2.35. The molecule has 0 bridgehead atoms. The number of nitro groups is 1. The number of hydrogen-bond donors (Lipinski definition) is 1. The van der Waals surface area contributed by atoms with Crippen molar-refractivity contribution in [3.8, 4) is 0 Å². The zero-order valence-corrected chi connectivity index (χ0v) is 10.6. The first kappa shape index (κ1) is 14.0. The summed E-state index contributed by atoms with van der Waals surface area (Å²) in [5.41, 5.74) is 0.378. The summed E-state index contributed by atoms with van der Waals surface area (Å²) >= 11 is 0. The Morgan fingerprint density at radius 2 is 2.20 bits per heavy atom. The van der Waals surface area contributed by atoms with Gasteiger partial charge in [-0.1, -0.05) is 6.07 Å². The molecule has 1 fully saturated rings. The van der Waals surface area contributed by atoms with Crippen molar-refractivity contribution in [1.82, 2.24) is 4.90 Å². The Bertz CT molecular complexity index is 586. The second-order valence-electron chi connectivity index (χ2n) is 4.49. The van der Waals surface area contributed by atoms with Crippen molar-refractivity contribution in [2.45, 2.75) is 19.3 Å². The van der Waals surface area contributed by atoms with E-state index < -0.39 is 22.5 Å². The van der Waals surface area contributed by atoms with Gasteiger partial charge < -0.3 is 5.11 Å². The van der Waals surface area contributed by atoms with E-state index in [9.17, 15) is 19.3 Å². The van der Waals surface area contributed by atoms with E-state index in [1.807, 2.05) is 0 Å². The molecule has 0 spiro atoms. The van der Waals surface area contributed by atoms with E-state index in [1.165, 1.54) is 11.0 Å². The Morgan fingerprint density at radius 1 is 1.45 bits per heavy atom. The smallest absolute Gasteiger partial charge is 0.411 e. The number of likely N-dealkylation sites (tertiary alicyclic amines) is 1. The van der Waals surface area contributed by atoms with Crippen LogP contribution in [0.1, 0.15) is 24.8 Å². The summed E-state index contributed by atoms with van der Waals surface area (Å²) in [6, 6.07) is 3.51. The monoisotopic (exact) mass is 280 g/mol. The first-order chi connectivity index (χ1) is 9.49. The quantitative estimate of drug-likeness (QED) is 0.665. The van der Waals surface area contributed by atoms with Crippen LogP contribution in [0.15, 0.2) is 23.9 Å². The van der Waals surface area contributed by atoms with Crippen LogP contribution in [-0.2, 0) is 0 Å². The Morgan fingerprint density at radius 3 is 2.85 bits per heavy atom. The molecule has 0 radical (unpaired) electrons. The summed E-state index contributed by atoms with van der Waals surface area (Å²) in [6.07, 6.45) is 2.73. The summed E-state index contributed by atoms with van der Waals surface area (Å²) in [5, 5.41) is 19.8. The molecule has 1 saturated heterocycles. The molecule has 0 atom stereocenters. The van der Waals surface area contributed by atoms with Crippen LogP contribution in [0.2, 0.25) is 0 Å². The zero-order chi connectivity index (χ0) is 14.7. The van der Waals surface area contributed by atoms with Crippen molar-refractivity contribution < 1.29 is 19.2 Å². The largest absolute Gasteiger partial charge is 0.465 e. The molecule has 6 nitrogen and oxygen atoms in total. The molecule has 2 rings (SSSR count). The number of nitro benzene ring substituents is 1. The van der Waals surface area contributed by atoms with Crippen LogP contribution in [0, 0.1) is 15.9 Å². The van der Waals surface area contributed by atoms with Crippen molar-refractivity contribution in [2.75, 3.05) is 6.54 Å². The molecule has 1 aliphatic heterocycles. The van der Waals surface area contributed by atoms with Gasteiger partial charge in [0.15, 0.2) is 0 Å². The van der Waals surface area contributed by atoms with Gasteiger partial charge in [0.25, 0.3) is 0 Å². The number of nitrogens with zero attached hydrogens (tertiary/aromatic N) is 2. The average molecular weight is 280 g/mol. The Hall–Kier alpha value is -2.44. The topological polar surface area (TPSA) is 83.7 Å². The fraction of sp³-hybridized carbons (Fsp3) is 0.308. The first-order valence-corrected chi connectivity index (χ1v) is 6.14. The van der Waals surface area contributed by atoms with Crippen LogP contribution < -0.4 is 0 Å². The summed E-state index contributed by atoms with van der Waals surface area (Å²) in [5.74, 6) is -0.907. The van der Waals surface area contributed by atoms with Gasteiger partial charge in [0, 0.05) is 18.3 Å². The van der Waals surface area contributed by atoms with Gasteiger partial charge in [0.2, 0.25) is 5.82 Å². The molecule has 0 aromatic heterocycles. The minimum absolute atomic E-state index is 0.407. The second kappa shape index (κ2) is 5.68. The number of rotatable bonds is 2. The highest BCUT2D eigenvalue weighted by atomic mass is 19.1. The van der Waals surface area contributed by atoms with Gasteiger partial charge in [-0.3, -0.25) is 15.0 Å². The van der Waals surface area contributed by atoms with Crippen molar-refractivity contribution in [3.05, 3.63) is 45.4 Å². The molecule has 1 N–H and O–H groups in total. The number of hydrogen-bond acceptors (Lipinski definition) is 3. The second-order valence-corrected chi connectivity index (χ2v) is 4.49. The highest BCUT2D eigenvalue weighted by Crippen LogP contribution is 2.25. The molecular weight excluding hydrogens is 267 g/mol. The van der Waals surface area contributed by atoms with E-state index in [-0.39, 0.29) is 0 Å². The maximum Gasteiger partial charge on any atom is 0.411 e. The van der Waals surface area contributed by atoms with Gasteiger partial charge in [0.05, 0.1) is 4.92 Å². The number of carbonyl (C=O) groups is 1. The Kier molecular flexibility index (Phi) is 3.97. The molecule has 106 valence electrons. The molecule has 1 heterocycles. The van der Waals surface area contributed by atoms with Gasteiger partial charge in [-0.25, -0.2) is 4.79 Å². The van der Waals surface area contributed by atoms with Crippen molar-refractivity contribution in [2.24, 2.45) is 0 Å². The SMILES string of the molecule is O=C(O)N1CCCCC1=Cc1ccc(F)c([N+](=O)[O-])c1. The van der Waals surface area contributed by atoms with E-state index in [4.69, 9.17) is 5.11 Å². The predicted molar refractivity (Wildman–Crippen MR) is 69.6 cm³/mol. The molecule has 1 aliphatic rings. The predicted octanol–water partition coefficient (Wildman–Crippen LogP) is 3.24. The van der Waals surface area contributed by atoms with Gasteiger partial charge in [-0.2, -0.15) is 4.39 Å². The van der Waals surface area contributed by atoms with Crippen molar-refractivity contribution in [1.29, 1.82) is 0 Å². The van der Waals surface area contributed by atoms with Crippen LogP contribution in [0.5, 0.6) is 0 Å². The van der Waals surface area contributed by atoms with Gasteiger partial charge in [-0.05, 0) is 37.0 Å². The zero-order valence-electron chi connectivity index (χ0n) is 10.6. The number of amides is 1. The third-order valence-corrected chi connectivity index (χ3v) is 3.14. The van der Waals surface area contributed by atoms with E-state index in [0.717, 1.165) is 25.0 Å². The van der Waals surface area contributed by atoms with Gasteiger partial charge in [-0.15, -0.1) is 0 Å². The standard InChI is InChI=1S/C13H13FN2O4/c14-11-5-4-9(8-12(11)16(19)20)7-10-3-1-2-6-15(10)13(17)18/h4-5,7-8H,1-3,6H2,(H,17,18). The van der Waals surface area contributed by atoms with Crippen LogP contribution >= 0.6 is 0 Å². The number of piperidine rings is 1. The van der Waals surface area contributed by atoms with Crippen LogP contribution in [0.3, 0.4) is 0 Å². The molecule has 0 unspecified atom stereocenters. The summed E-state index contributed by atoms with van der Waals surface area (Å²) in [7, 11) is 0. The van der Waals surface area contributed by atoms with Crippen LogP contribution in [0.4, 0.5) is 14.9 Å². The van der Waals surface area contributed by atoms with Crippen LogP contribution in [0.25, 0.3) is 6.08 Å². The highest BCUT2D eigenvalue weighted by molar-refractivity contribution is 5.70. The lowest BCUT2D eigenvalue weighted by Gasteiger charge is -2.27. The summed E-state index contributed by atoms with van der Waals surface area (Å²) < 4.78 is 13.2. The van der Waals surface area contributed by atoms with Crippen molar-refractivity contribution in [3.63, 3.8) is 0 Å². The molecule has 20 heavy (non-hydrogen) atoms. The number of halogens is 1. The van der Waals surface area contributed by atoms with Crippen molar-refractivity contribution >= 4 is 17.9 Å². The number of allylic oxidation sites excluding steroid dienone is 1. The maximum atomic E-state index is 13.2.